The highest BCUT2D eigenvalue weighted by molar-refractivity contribution is 5.77. The summed E-state index contributed by atoms with van der Waals surface area (Å²) in [5.74, 6) is 3.57. The number of imidazole rings is 2. The fraction of sp³-hybridized carbons (Fsp3) is 0.182. The Balaban J connectivity index is 1.21. The summed E-state index contributed by atoms with van der Waals surface area (Å²) >= 11 is 0. The minimum Gasteiger partial charge on any atom is -0.489 e. The number of nitrogens with zero attached hydrogens (tertiary/aromatic N) is 4. The number of fused-ring (bicyclic) bond motifs is 5. The molecule has 3 unspecified atom stereocenters. The number of aromatic nitrogens is 6. The molecule has 1 aliphatic carbocycles. The number of nitrogens with one attached hydrogen (secondary N) is 2. The van der Waals surface area contributed by atoms with E-state index >= 15 is 0 Å². The normalized spacial score (nSPS) is 21.4. The van der Waals surface area contributed by atoms with Gasteiger partial charge in [0.25, 0.3) is 0 Å². The van der Waals surface area contributed by atoms with Gasteiger partial charge in [-0.05, 0) is 42.8 Å². The van der Waals surface area contributed by atoms with Crippen molar-refractivity contribution in [2.75, 3.05) is 0 Å². The summed E-state index contributed by atoms with van der Waals surface area (Å²) in [7, 11) is 0. The first-order valence-corrected chi connectivity index (χ1v) is 9.83. The molecule has 2 aliphatic rings. The summed E-state index contributed by atoms with van der Waals surface area (Å²) in [4.78, 5) is 23.8. The molecule has 0 bridgehead atoms. The Hall–Kier alpha value is -3.94. The Labute approximate surface area is 170 Å². The van der Waals surface area contributed by atoms with Gasteiger partial charge in [-0.15, -0.1) is 0 Å². The number of hydrogen-bond donors (Lipinski definition) is 2. The molecule has 1 saturated carbocycles. The van der Waals surface area contributed by atoms with Crippen LogP contribution in [0.25, 0.3) is 22.2 Å². The average molecular weight is 396 g/mol. The van der Waals surface area contributed by atoms with Crippen LogP contribution in [-0.4, -0.2) is 36.0 Å². The first-order valence-electron chi connectivity index (χ1n) is 9.83. The lowest BCUT2D eigenvalue weighted by Crippen LogP contribution is -2.00. The first kappa shape index (κ1) is 15.9. The molecule has 30 heavy (non-hydrogen) atoms. The van der Waals surface area contributed by atoms with Crippen molar-refractivity contribution in [3.05, 3.63) is 66.0 Å². The second kappa shape index (κ2) is 5.56. The number of benzene rings is 2. The fourth-order valence-corrected chi connectivity index (χ4v) is 4.46. The van der Waals surface area contributed by atoms with Crippen LogP contribution in [0.3, 0.4) is 0 Å². The molecule has 1 aliphatic heterocycles. The summed E-state index contributed by atoms with van der Waals surface area (Å²) in [5, 5.41) is 0. The zero-order chi connectivity index (χ0) is 19.8. The van der Waals surface area contributed by atoms with Crippen molar-refractivity contribution in [3.8, 4) is 17.4 Å². The van der Waals surface area contributed by atoms with Crippen LogP contribution in [0.4, 0.5) is 0 Å². The summed E-state index contributed by atoms with van der Waals surface area (Å²) in [6.07, 6.45) is 3.15. The Morgan fingerprint density at radius 2 is 2.00 bits per heavy atom. The van der Waals surface area contributed by atoms with E-state index in [-0.39, 0.29) is 17.9 Å². The maximum atomic E-state index is 6.17. The molecule has 3 atom stereocenters. The lowest BCUT2D eigenvalue weighted by molar-refractivity contribution is 0.308. The van der Waals surface area contributed by atoms with Gasteiger partial charge in [-0.1, -0.05) is 6.07 Å². The van der Waals surface area contributed by atoms with Gasteiger partial charge in [-0.25, -0.2) is 15.0 Å². The Bertz CT molecular complexity index is 1450. The van der Waals surface area contributed by atoms with Crippen LogP contribution in [-0.2, 0) is 0 Å². The monoisotopic (exact) mass is 396 g/mol. The molecule has 0 amide bonds. The molecule has 8 nitrogen and oxygen atoms in total. The molecule has 1 fully saturated rings. The summed E-state index contributed by atoms with van der Waals surface area (Å²) in [5.41, 5.74) is 5.67. The van der Waals surface area contributed by atoms with E-state index in [1.54, 1.807) is 6.33 Å². The van der Waals surface area contributed by atoms with E-state index in [2.05, 4.69) is 50.0 Å². The molecular weight excluding hydrogens is 380 g/mol. The van der Waals surface area contributed by atoms with Crippen molar-refractivity contribution < 1.29 is 9.47 Å². The van der Waals surface area contributed by atoms with Gasteiger partial charge in [0.05, 0.1) is 23.3 Å². The standard InChI is InChI=1S/C22H16N6O2/c1-10-2-4-13-14(6-10)28-20(27-13)17-16-12-7-11(3-5-15(12)30-19(16)17)29-22-18-21(24-8-23-18)25-9-26-22/h2-9,16-17,19H,1H3,(H,27,28)(H,23,24,25,26). The van der Waals surface area contributed by atoms with Gasteiger partial charge in [-0.2, -0.15) is 4.98 Å². The average Bonchev–Trinajstić information content (AvgIpc) is 3.13. The van der Waals surface area contributed by atoms with Crippen molar-refractivity contribution in [2.24, 2.45) is 0 Å². The number of rotatable bonds is 3. The number of aryl methyl sites for hydroxylation is 1. The Kier molecular flexibility index (Phi) is 2.95. The topological polar surface area (TPSA) is 102 Å². The van der Waals surface area contributed by atoms with Crippen molar-refractivity contribution in [3.63, 3.8) is 0 Å². The number of ether oxygens (including phenoxy) is 2. The van der Waals surface area contributed by atoms with E-state index < -0.39 is 0 Å². The Morgan fingerprint density at radius 3 is 2.97 bits per heavy atom. The molecule has 0 saturated heterocycles. The number of aromatic amines is 2. The first-order chi connectivity index (χ1) is 14.7. The maximum absolute atomic E-state index is 6.17. The summed E-state index contributed by atoms with van der Waals surface area (Å²) in [6, 6.07) is 12.2. The Morgan fingerprint density at radius 1 is 1.03 bits per heavy atom. The molecular formula is C22H16N6O2. The van der Waals surface area contributed by atoms with Crippen molar-refractivity contribution in [2.45, 2.75) is 24.9 Å². The summed E-state index contributed by atoms with van der Waals surface area (Å²) in [6.45, 7) is 2.08. The largest absolute Gasteiger partial charge is 0.489 e. The third-order valence-corrected chi connectivity index (χ3v) is 5.93. The van der Waals surface area contributed by atoms with E-state index in [9.17, 15) is 0 Å². The van der Waals surface area contributed by atoms with Crippen LogP contribution >= 0.6 is 0 Å². The van der Waals surface area contributed by atoms with Crippen LogP contribution in [0.15, 0.2) is 49.1 Å². The van der Waals surface area contributed by atoms with Crippen LogP contribution in [0.5, 0.6) is 17.4 Å². The molecule has 2 aromatic carbocycles. The van der Waals surface area contributed by atoms with Gasteiger partial charge in [-0.3, -0.25) is 0 Å². The molecule has 7 rings (SSSR count). The SMILES string of the molecule is Cc1ccc2nc(C3C4Oc5ccc(Oc6ncnc7nc[nH]c67)cc5C43)[nH]c2c1. The highest BCUT2D eigenvalue weighted by Gasteiger charge is 2.61. The third kappa shape index (κ3) is 2.21. The zero-order valence-corrected chi connectivity index (χ0v) is 16.0. The van der Waals surface area contributed by atoms with Crippen LogP contribution in [0.1, 0.15) is 28.8 Å². The van der Waals surface area contributed by atoms with Gasteiger partial charge < -0.3 is 19.4 Å². The molecule has 8 heteroatoms. The van der Waals surface area contributed by atoms with E-state index in [1.807, 2.05) is 18.2 Å². The van der Waals surface area contributed by atoms with Gasteiger partial charge in [0, 0.05) is 11.5 Å². The van der Waals surface area contributed by atoms with Gasteiger partial charge in [0.2, 0.25) is 5.88 Å². The van der Waals surface area contributed by atoms with E-state index in [4.69, 9.17) is 14.5 Å². The minimum atomic E-state index is 0.121. The van der Waals surface area contributed by atoms with E-state index in [1.165, 1.54) is 11.9 Å². The zero-order valence-electron chi connectivity index (χ0n) is 16.0. The van der Waals surface area contributed by atoms with E-state index in [0.717, 1.165) is 28.2 Å². The lowest BCUT2D eigenvalue weighted by Gasteiger charge is -2.10. The maximum Gasteiger partial charge on any atom is 0.248 e. The van der Waals surface area contributed by atoms with Gasteiger partial charge >= 0.3 is 0 Å². The molecule has 5 aromatic rings. The smallest absolute Gasteiger partial charge is 0.248 e. The molecule has 2 N–H and O–H groups in total. The third-order valence-electron chi connectivity index (χ3n) is 5.93. The number of hydrogen-bond acceptors (Lipinski definition) is 6. The van der Waals surface area contributed by atoms with Crippen LogP contribution in [0.2, 0.25) is 0 Å². The lowest BCUT2D eigenvalue weighted by atomic mass is 10.1. The second-order valence-electron chi connectivity index (χ2n) is 7.86. The second-order valence-corrected chi connectivity index (χ2v) is 7.86. The van der Waals surface area contributed by atoms with E-state index in [0.29, 0.717) is 22.8 Å². The fourth-order valence-electron chi connectivity index (χ4n) is 4.46. The molecule has 146 valence electrons. The molecule has 0 spiro atoms. The summed E-state index contributed by atoms with van der Waals surface area (Å²) < 4.78 is 12.2. The number of H-pyrrole nitrogens is 2. The van der Waals surface area contributed by atoms with Crippen molar-refractivity contribution in [1.82, 2.24) is 29.9 Å². The molecule has 4 heterocycles. The predicted octanol–water partition coefficient (Wildman–Crippen LogP) is 3.97. The van der Waals surface area contributed by atoms with Crippen LogP contribution < -0.4 is 9.47 Å². The van der Waals surface area contributed by atoms with Crippen molar-refractivity contribution >= 4 is 22.2 Å². The van der Waals surface area contributed by atoms with Crippen molar-refractivity contribution in [1.29, 1.82) is 0 Å². The molecule has 3 aromatic heterocycles. The minimum absolute atomic E-state index is 0.121. The quantitative estimate of drug-likeness (QED) is 0.478. The molecule has 0 radical (unpaired) electrons. The van der Waals surface area contributed by atoms with Gasteiger partial charge in [0.1, 0.15) is 35.3 Å². The highest BCUT2D eigenvalue weighted by atomic mass is 16.5. The van der Waals surface area contributed by atoms with Gasteiger partial charge in [0.15, 0.2) is 5.65 Å². The van der Waals surface area contributed by atoms with Crippen LogP contribution in [0, 0.1) is 6.92 Å². The predicted molar refractivity (Wildman–Crippen MR) is 109 cm³/mol. The highest BCUT2D eigenvalue weighted by Crippen LogP contribution is 2.63.